The number of halogens is 2. The van der Waals surface area contributed by atoms with E-state index in [0.717, 1.165) is 0 Å². The number of alkyl halides is 2. The number of hydrogen-bond donors (Lipinski definition) is 0. The zero-order valence-corrected chi connectivity index (χ0v) is 6.37. The van der Waals surface area contributed by atoms with E-state index in [2.05, 4.69) is 0 Å². The van der Waals surface area contributed by atoms with E-state index in [4.69, 9.17) is 27.6 Å². The van der Waals surface area contributed by atoms with Crippen LogP contribution < -0.4 is 0 Å². The van der Waals surface area contributed by atoms with Gasteiger partial charge in [-0.25, -0.2) is 0 Å². The van der Waals surface area contributed by atoms with Crippen molar-refractivity contribution in [2.75, 3.05) is 0 Å². The summed E-state index contributed by atoms with van der Waals surface area (Å²) in [5.74, 6) is 0. The monoisotopic (exact) mass is 144 g/mol. The molecule has 1 nitrogen and oxygen atoms in total. The van der Waals surface area contributed by atoms with Crippen LogP contribution in [-0.2, 0) is 4.43 Å². The fourth-order valence-electron chi connectivity index (χ4n) is 0.126. The zero-order valence-electron chi connectivity index (χ0n) is 3.45. The summed E-state index contributed by atoms with van der Waals surface area (Å²) in [6.07, 6.45) is 0. The average Bonchev–Trinajstić information content (AvgIpc) is 1.35. The molecule has 0 aromatic heterocycles. The molecule has 0 aliphatic carbocycles. The molecular weight excluding hydrogens is 139 g/mol. The Morgan fingerprint density at radius 1 is 1.67 bits per heavy atom. The molecule has 0 N–H and O–H groups in total. The maximum absolute atomic E-state index is 5.16. The molecule has 0 aliphatic heterocycles. The minimum absolute atomic E-state index is 0.397. The van der Waals surface area contributed by atoms with Gasteiger partial charge >= 0.3 is 0 Å². The van der Waals surface area contributed by atoms with Crippen molar-refractivity contribution >= 4 is 33.0 Å². The molecule has 0 amide bonds. The Kier molecular flexibility index (Phi) is 4.43. The normalized spacial score (nSPS) is 12.0. The Balaban J connectivity index is 2.63. The lowest BCUT2D eigenvalue weighted by molar-refractivity contribution is 0.380. The average molecular weight is 145 g/mol. The highest BCUT2D eigenvalue weighted by Crippen LogP contribution is 1.99. The molecule has 0 spiro atoms. The first-order valence-electron chi connectivity index (χ1n) is 1.67. The van der Waals surface area contributed by atoms with Crippen molar-refractivity contribution in [3.05, 3.63) is 0 Å². The SMILES string of the molecule is C[SiH2]OC(Cl)Cl. The van der Waals surface area contributed by atoms with Crippen LogP contribution in [-0.4, -0.2) is 14.8 Å². The standard InChI is InChI=1S/C2H6Cl2OSi/c1-6-5-2(3)4/h2H,6H2,1H3. The molecule has 0 bridgehead atoms. The van der Waals surface area contributed by atoms with Gasteiger partial charge in [-0.05, 0) is 0 Å². The Hall–Kier alpha value is 0.757. The fourth-order valence-corrected chi connectivity index (χ4v) is 1.13. The van der Waals surface area contributed by atoms with Gasteiger partial charge < -0.3 is 4.43 Å². The lowest BCUT2D eigenvalue weighted by Crippen LogP contribution is -1.96. The first kappa shape index (κ1) is 6.76. The third-order valence-corrected chi connectivity index (χ3v) is 1.63. The van der Waals surface area contributed by atoms with Crippen LogP contribution in [0.25, 0.3) is 0 Å². The molecule has 0 heterocycles. The molecule has 0 atom stereocenters. The van der Waals surface area contributed by atoms with E-state index in [0.29, 0.717) is 0 Å². The van der Waals surface area contributed by atoms with Gasteiger partial charge in [0, 0.05) is 0 Å². The zero-order chi connectivity index (χ0) is 4.99. The molecule has 0 fully saturated rings. The second-order valence-electron chi connectivity index (χ2n) is 0.716. The lowest BCUT2D eigenvalue weighted by atomic mass is 11.7. The minimum atomic E-state index is -0.596. The highest BCUT2D eigenvalue weighted by molar-refractivity contribution is 6.45. The van der Waals surface area contributed by atoms with Crippen molar-refractivity contribution in [1.82, 2.24) is 0 Å². The summed E-state index contributed by atoms with van der Waals surface area (Å²) in [6, 6.07) is 0. The second-order valence-corrected chi connectivity index (χ2v) is 2.64. The van der Waals surface area contributed by atoms with E-state index in [-0.39, 0.29) is 0 Å². The molecule has 0 saturated heterocycles. The summed E-state index contributed by atoms with van der Waals surface area (Å²) in [7, 11) is -0.397. The van der Waals surface area contributed by atoms with Gasteiger partial charge in [0.05, 0.1) is 0 Å². The third kappa shape index (κ3) is 4.76. The highest BCUT2D eigenvalue weighted by atomic mass is 35.5. The van der Waals surface area contributed by atoms with Gasteiger partial charge in [-0.1, -0.05) is 29.7 Å². The summed E-state index contributed by atoms with van der Waals surface area (Å²) in [6.45, 7) is 1.97. The van der Waals surface area contributed by atoms with Gasteiger partial charge in [0.1, 0.15) is 0 Å². The Morgan fingerprint density at radius 3 is 2.17 bits per heavy atom. The number of hydrogen-bond acceptors (Lipinski definition) is 1. The maximum Gasteiger partial charge on any atom is 0.197 e. The van der Waals surface area contributed by atoms with Gasteiger partial charge in [0.2, 0.25) is 0 Å². The van der Waals surface area contributed by atoms with Crippen molar-refractivity contribution in [3.63, 3.8) is 0 Å². The highest BCUT2D eigenvalue weighted by Gasteiger charge is 1.90. The lowest BCUT2D eigenvalue weighted by Gasteiger charge is -1.95. The van der Waals surface area contributed by atoms with Gasteiger partial charge in [-0.2, -0.15) is 0 Å². The van der Waals surface area contributed by atoms with E-state index in [1.807, 2.05) is 6.55 Å². The van der Waals surface area contributed by atoms with Crippen molar-refractivity contribution in [1.29, 1.82) is 0 Å². The summed E-state index contributed by atoms with van der Waals surface area (Å²) < 4.78 is 4.71. The van der Waals surface area contributed by atoms with Crippen LogP contribution in [0.2, 0.25) is 6.55 Å². The third-order valence-electron chi connectivity index (χ3n) is 0.293. The maximum atomic E-state index is 5.16. The van der Waals surface area contributed by atoms with Gasteiger partial charge in [0.15, 0.2) is 14.8 Å². The summed E-state index contributed by atoms with van der Waals surface area (Å²) in [4.78, 5) is 0. The molecule has 0 rings (SSSR count). The van der Waals surface area contributed by atoms with E-state index < -0.39 is 14.8 Å². The van der Waals surface area contributed by atoms with E-state index in [1.54, 1.807) is 0 Å². The summed E-state index contributed by atoms with van der Waals surface area (Å²) >= 11 is 10.3. The first-order valence-corrected chi connectivity index (χ1v) is 4.53. The molecule has 4 heteroatoms. The fraction of sp³-hybridized carbons (Fsp3) is 1.00. The summed E-state index contributed by atoms with van der Waals surface area (Å²) in [5.41, 5.74) is 0. The molecule has 0 aromatic rings. The molecule has 0 aliphatic rings. The topological polar surface area (TPSA) is 9.23 Å². The van der Waals surface area contributed by atoms with Crippen molar-refractivity contribution in [3.8, 4) is 0 Å². The van der Waals surface area contributed by atoms with Gasteiger partial charge in [-0.3, -0.25) is 0 Å². The van der Waals surface area contributed by atoms with E-state index in [9.17, 15) is 0 Å². The Morgan fingerprint density at radius 2 is 2.17 bits per heavy atom. The Labute approximate surface area is 49.5 Å². The number of rotatable bonds is 2. The van der Waals surface area contributed by atoms with E-state index >= 15 is 0 Å². The Bertz CT molecular complexity index is 32.7. The molecule has 38 valence electrons. The van der Waals surface area contributed by atoms with Crippen molar-refractivity contribution in [2.45, 2.75) is 11.6 Å². The molecule has 0 aromatic carbocycles. The van der Waals surface area contributed by atoms with Crippen LogP contribution in [0.4, 0.5) is 0 Å². The molecular formula is C2H6Cl2OSi. The van der Waals surface area contributed by atoms with Crippen LogP contribution in [0.15, 0.2) is 0 Å². The van der Waals surface area contributed by atoms with Crippen LogP contribution in [0, 0.1) is 0 Å². The predicted molar refractivity (Wildman–Crippen MR) is 31.0 cm³/mol. The smallest absolute Gasteiger partial charge is 0.197 e. The first-order chi connectivity index (χ1) is 2.77. The molecule has 0 radical (unpaired) electrons. The van der Waals surface area contributed by atoms with Gasteiger partial charge in [0.25, 0.3) is 0 Å². The summed E-state index contributed by atoms with van der Waals surface area (Å²) in [5, 5.41) is -0.596. The minimum Gasteiger partial charge on any atom is -0.397 e. The van der Waals surface area contributed by atoms with Crippen molar-refractivity contribution < 1.29 is 4.43 Å². The van der Waals surface area contributed by atoms with Gasteiger partial charge in [-0.15, -0.1) is 0 Å². The van der Waals surface area contributed by atoms with Crippen LogP contribution in [0.3, 0.4) is 0 Å². The van der Waals surface area contributed by atoms with Crippen LogP contribution in [0.1, 0.15) is 0 Å². The largest absolute Gasteiger partial charge is 0.397 e. The molecule has 0 unspecified atom stereocenters. The van der Waals surface area contributed by atoms with Crippen LogP contribution >= 0.6 is 23.2 Å². The predicted octanol–water partition coefficient (Wildman–Crippen LogP) is 0.896. The second kappa shape index (κ2) is 3.93. The quantitative estimate of drug-likeness (QED) is 0.414. The molecule has 6 heavy (non-hydrogen) atoms. The van der Waals surface area contributed by atoms with Crippen LogP contribution in [0.5, 0.6) is 0 Å². The van der Waals surface area contributed by atoms with E-state index in [1.165, 1.54) is 0 Å². The van der Waals surface area contributed by atoms with Crippen molar-refractivity contribution in [2.24, 2.45) is 0 Å². The molecule has 0 saturated carbocycles.